The highest BCUT2D eigenvalue weighted by molar-refractivity contribution is 5.90. The maximum absolute atomic E-state index is 5.97. The van der Waals surface area contributed by atoms with E-state index in [-0.39, 0.29) is 0 Å². The van der Waals surface area contributed by atoms with Gasteiger partial charge in [0.05, 0.1) is 5.56 Å². The summed E-state index contributed by atoms with van der Waals surface area (Å²) in [5.41, 5.74) is 13.0. The van der Waals surface area contributed by atoms with E-state index in [4.69, 9.17) is 15.8 Å². The number of aromatic nitrogens is 4. The minimum atomic E-state index is 0.505. The summed E-state index contributed by atoms with van der Waals surface area (Å²) in [7, 11) is 0. The van der Waals surface area contributed by atoms with Gasteiger partial charge in [0.1, 0.15) is 5.69 Å². The summed E-state index contributed by atoms with van der Waals surface area (Å²) in [4.78, 5) is 11.7. The van der Waals surface area contributed by atoms with Crippen LogP contribution in [0.3, 0.4) is 0 Å². The average Bonchev–Trinajstić information content (AvgIpc) is 3.34. The standard InChI is InChI=1S/C26H28N6/c1-2-31-21-7-8-22(31)16-19(15-21)23-11-14-29-26-24(17-3-5-20(27)6-4-17)25(30-32(23)26)18-9-12-28-13-10-18/h3-6,9-14,19,21-22H,2,7-8,15-16,27H2,1H3. The van der Waals surface area contributed by atoms with Gasteiger partial charge in [-0.05, 0) is 68.1 Å². The van der Waals surface area contributed by atoms with Crippen molar-refractivity contribution in [3.05, 3.63) is 66.7 Å². The van der Waals surface area contributed by atoms with Crippen LogP contribution in [0, 0.1) is 0 Å². The Labute approximate surface area is 188 Å². The highest BCUT2D eigenvalue weighted by Crippen LogP contribution is 2.43. The van der Waals surface area contributed by atoms with Crippen LogP contribution in [0.5, 0.6) is 0 Å². The lowest BCUT2D eigenvalue weighted by Crippen LogP contribution is -2.42. The third-order valence-corrected chi connectivity index (χ3v) is 7.37. The molecule has 2 atom stereocenters. The number of pyridine rings is 1. The largest absolute Gasteiger partial charge is 0.399 e. The third-order valence-electron chi connectivity index (χ3n) is 7.37. The molecule has 32 heavy (non-hydrogen) atoms. The molecule has 162 valence electrons. The molecule has 2 unspecified atom stereocenters. The molecule has 2 aliphatic heterocycles. The van der Waals surface area contributed by atoms with Crippen LogP contribution in [-0.2, 0) is 0 Å². The first kappa shape index (κ1) is 19.4. The number of hydrogen-bond donors (Lipinski definition) is 1. The highest BCUT2D eigenvalue weighted by Gasteiger charge is 2.41. The number of nitrogen functional groups attached to an aromatic ring is 1. The molecule has 6 rings (SSSR count). The second kappa shape index (κ2) is 7.71. The van der Waals surface area contributed by atoms with Gasteiger partial charge in [-0.25, -0.2) is 9.50 Å². The summed E-state index contributed by atoms with van der Waals surface area (Å²) < 4.78 is 2.10. The maximum Gasteiger partial charge on any atom is 0.163 e. The molecule has 4 aromatic rings. The molecular formula is C26H28N6. The number of nitrogens with two attached hydrogens (primary N) is 1. The Hall–Kier alpha value is -3.25. The predicted octanol–water partition coefficient (Wildman–Crippen LogP) is 4.77. The number of anilines is 1. The normalized spacial score (nSPS) is 23.1. The van der Waals surface area contributed by atoms with E-state index >= 15 is 0 Å². The molecule has 0 amide bonds. The lowest BCUT2D eigenvalue weighted by atomic mass is 9.88. The van der Waals surface area contributed by atoms with Crippen LogP contribution in [0.2, 0.25) is 0 Å². The second-order valence-corrected chi connectivity index (χ2v) is 9.07. The summed E-state index contributed by atoms with van der Waals surface area (Å²) in [6.07, 6.45) is 10.6. The molecule has 6 heteroatoms. The van der Waals surface area contributed by atoms with E-state index < -0.39 is 0 Å². The lowest BCUT2D eigenvalue weighted by Gasteiger charge is -2.38. The van der Waals surface area contributed by atoms with E-state index in [0.29, 0.717) is 18.0 Å². The summed E-state index contributed by atoms with van der Waals surface area (Å²) in [6, 6.07) is 15.6. The Kier molecular flexibility index (Phi) is 4.68. The predicted molar refractivity (Wildman–Crippen MR) is 127 cm³/mol. The molecule has 2 aliphatic rings. The molecule has 5 heterocycles. The van der Waals surface area contributed by atoms with E-state index in [9.17, 15) is 0 Å². The topological polar surface area (TPSA) is 72.3 Å². The Morgan fingerprint density at radius 3 is 2.31 bits per heavy atom. The third kappa shape index (κ3) is 3.09. The van der Waals surface area contributed by atoms with Crippen LogP contribution in [0.25, 0.3) is 28.0 Å². The van der Waals surface area contributed by atoms with Gasteiger partial charge in [0.15, 0.2) is 5.65 Å². The van der Waals surface area contributed by atoms with Crippen LogP contribution >= 0.6 is 0 Å². The highest BCUT2D eigenvalue weighted by atomic mass is 15.3. The zero-order valence-electron chi connectivity index (χ0n) is 18.4. The quantitative estimate of drug-likeness (QED) is 0.478. The van der Waals surface area contributed by atoms with Gasteiger partial charge in [-0.2, -0.15) is 5.10 Å². The fourth-order valence-corrected chi connectivity index (χ4v) is 5.93. The van der Waals surface area contributed by atoms with Crippen molar-refractivity contribution in [2.75, 3.05) is 12.3 Å². The van der Waals surface area contributed by atoms with Gasteiger partial charge in [0.2, 0.25) is 0 Å². The van der Waals surface area contributed by atoms with Crippen LogP contribution in [0.15, 0.2) is 61.1 Å². The fraction of sp³-hybridized carbons (Fsp3) is 0.346. The summed E-state index contributed by atoms with van der Waals surface area (Å²) in [5, 5.41) is 5.15. The number of benzene rings is 1. The molecule has 2 fully saturated rings. The number of hydrogen-bond acceptors (Lipinski definition) is 5. The molecule has 0 radical (unpaired) electrons. The van der Waals surface area contributed by atoms with E-state index in [0.717, 1.165) is 40.3 Å². The van der Waals surface area contributed by atoms with E-state index in [1.807, 2.05) is 42.9 Å². The minimum Gasteiger partial charge on any atom is -0.399 e. The molecule has 1 aromatic carbocycles. The summed E-state index contributed by atoms with van der Waals surface area (Å²) >= 11 is 0. The first-order chi connectivity index (χ1) is 15.7. The fourth-order valence-electron chi connectivity index (χ4n) is 5.93. The van der Waals surface area contributed by atoms with E-state index in [1.165, 1.54) is 31.4 Å². The molecule has 2 saturated heterocycles. The molecule has 2 N–H and O–H groups in total. The number of rotatable bonds is 4. The van der Waals surface area contributed by atoms with Crippen molar-refractivity contribution in [2.45, 2.75) is 50.6 Å². The van der Waals surface area contributed by atoms with Crippen LogP contribution in [0.1, 0.15) is 44.2 Å². The van der Waals surface area contributed by atoms with Crippen molar-refractivity contribution < 1.29 is 0 Å². The van der Waals surface area contributed by atoms with Gasteiger partial charge in [0.25, 0.3) is 0 Å². The van der Waals surface area contributed by atoms with Crippen molar-refractivity contribution >= 4 is 11.3 Å². The molecular weight excluding hydrogens is 396 g/mol. The Morgan fingerprint density at radius 2 is 1.62 bits per heavy atom. The monoisotopic (exact) mass is 424 g/mol. The zero-order chi connectivity index (χ0) is 21.7. The van der Waals surface area contributed by atoms with Gasteiger partial charge in [0, 0.05) is 53.5 Å². The Balaban J connectivity index is 1.52. The maximum atomic E-state index is 5.97. The van der Waals surface area contributed by atoms with Crippen molar-refractivity contribution in [1.29, 1.82) is 0 Å². The molecule has 0 aliphatic carbocycles. The second-order valence-electron chi connectivity index (χ2n) is 9.07. The molecule has 0 spiro atoms. The van der Waals surface area contributed by atoms with Crippen molar-refractivity contribution in [3.63, 3.8) is 0 Å². The SMILES string of the molecule is CCN1C2CCC1CC(c1ccnc3c(-c4ccc(N)cc4)c(-c4ccncc4)nn13)C2. The van der Waals surface area contributed by atoms with Crippen molar-refractivity contribution in [3.8, 4) is 22.4 Å². The first-order valence-corrected chi connectivity index (χ1v) is 11.6. The summed E-state index contributed by atoms with van der Waals surface area (Å²) in [6.45, 7) is 3.45. The zero-order valence-corrected chi connectivity index (χ0v) is 18.4. The van der Waals surface area contributed by atoms with Gasteiger partial charge >= 0.3 is 0 Å². The van der Waals surface area contributed by atoms with Crippen LogP contribution in [0.4, 0.5) is 5.69 Å². The van der Waals surface area contributed by atoms with Crippen molar-refractivity contribution in [2.24, 2.45) is 0 Å². The van der Waals surface area contributed by atoms with Crippen LogP contribution < -0.4 is 5.73 Å². The lowest BCUT2D eigenvalue weighted by molar-refractivity contribution is 0.132. The number of nitrogens with zero attached hydrogens (tertiary/aromatic N) is 5. The average molecular weight is 425 g/mol. The molecule has 0 saturated carbocycles. The Bertz CT molecular complexity index is 1230. The van der Waals surface area contributed by atoms with Gasteiger partial charge in [-0.15, -0.1) is 0 Å². The number of piperidine rings is 1. The number of fused-ring (bicyclic) bond motifs is 3. The van der Waals surface area contributed by atoms with Gasteiger partial charge in [-0.1, -0.05) is 19.1 Å². The first-order valence-electron chi connectivity index (χ1n) is 11.6. The molecule has 6 nitrogen and oxygen atoms in total. The molecule has 3 aromatic heterocycles. The smallest absolute Gasteiger partial charge is 0.163 e. The minimum absolute atomic E-state index is 0.505. The van der Waals surface area contributed by atoms with Crippen molar-refractivity contribution in [1.82, 2.24) is 24.5 Å². The van der Waals surface area contributed by atoms with Gasteiger partial charge < -0.3 is 5.73 Å². The molecule has 2 bridgehead atoms. The van der Waals surface area contributed by atoms with E-state index in [1.54, 1.807) is 0 Å². The Morgan fingerprint density at radius 1 is 0.906 bits per heavy atom. The van der Waals surface area contributed by atoms with Gasteiger partial charge in [-0.3, -0.25) is 9.88 Å². The van der Waals surface area contributed by atoms with E-state index in [2.05, 4.69) is 39.5 Å². The van der Waals surface area contributed by atoms with Crippen LogP contribution in [-0.4, -0.2) is 43.1 Å². The summed E-state index contributed by atoms with van der Waals surface area (Å²) in [5.74, 6) is 0.505.